The number of hydrogen-bond donors (Lipinski definition) is 1. The molecule has 0 aliphatic rings. The molecule has 25 heavy (non-hydrogen) atoms. The summed E-state index contributed by atoms with van der Waals surface area (Å²) in [6.07, 6.45) is 0. The fraction of sp³-hybridized carbons (Fsp3) is 0.167. The lowest BCUT2D eigenvalue weighted by Crippen LogP contribution is -2.13. The molecule has 6 nitrogen and oxygen atoms in total. The van der Waals surface area contributed by atoms with Gasteiger partial charge in [-0.1, -0.05) is 35.6 Å². The van der Waals surface area contributed by atoms with Gasteiger partial charge in [0, 0.05) is 11.6 Å². The SMILES string of the molecule is COc1ccc(C(=O)Nc2nnc(-c3ccccc3C)s2)c(OC)c1. The second-order valence-corrected chi connectivity index (χ2v) is 6.23. The van der Waals surface area contributed by atoms with E-state index in [9.17, 15) is 4.79 Å². The summed E-state index contributed by atoms with van der Waals surface area (Å²) in [6.45, 7) is 2.01. The highest BCUT2D eigenvalue weighted by Gasteiger charge is 2.16. The summed E-state index contributed by atoms with van der Waals surface area (Å²) in [5, 5.41) is 12.2. The first-order valence-electron chi connectivity index (χ1n) is 7.55. The molecule has 7 heteroatoms. The maximum Gasteiger partial charge on any atom is 0.261 e. The number of anilines is 1. The van der Waals surface area contributed by atoms with Crippen LogP contribution in [-0.4, -0.2) is 30.3 Å². The Labute approximate surface area is 149 Å². The molecule has 0 saturated heterocycles. The van der Waals surface area contributed by atoms with Crippen LogP contribution in [0.2, 0.25) is 0 Å². The first-order valence-corrected chi connectivity index (χ1v) is 8.37. The molecule has 3 rings (SSSR count). The third kappa shape index (κ3) is 3.61. The van der Waals surface area contributed by atoms with Crippen molar-refractivity contribution in [2.24, 2.45) is 0 Å². The Bertz CT molecular complexity index is 908. The van der Waals surface area contributed by atoms with Crippen molar-refractivity contribution in [1.29, 1.82) is 0 Å². The minimum absolute atomic E-state index is 0.313. The van der Waals surface area contributed by atoms with Crippen molar-refractivity contribution in [2.45, 2.75) is 6.92 Å². The van der Waals surface area contributed by atoms with Gasteiger partial charge in [0.05, 0.1) is 19.8 Å². The number of nitrogens with one attached hydrogen (secondary N) is 1. The molecule has 3 aromatic rings. The number of amides is 1. The van der Waals surface area contributed by atoms with Crippen molar-refractivity contribution in [3.63, 3.8) is 0 Å². The van der Waals surface area contributed by atoms with Gasteiger partial charge in [-0.2, -0.15) is 0 Å². The summed E-state index contributed by atoms with van der Waals surface area (Å²) < 4.78 is 10.4. The second kappa shape index (κ2) is 7.31. The highest BCUT2D eigenvalue weighted by atomic mass is 32.1. The summed E-state index contributed by atoms with van der Waals surface area (Å²) in [5.74, 6) is 0.735. The molecule has 1 N–H and O–H groups in total. The quantitative estimate of drug-likeness (QED) is 0.754. The molecule has 0 saturated carbocycles. The fourth-order valence-corrected chi connectivity index (χ4v) is 3.18. The predicted octanol–water partition coefficient (Wildman–Crippen LogP) is 3.78. The Morgan fingerprint density at radius 2 is 1.88 bits per heavy atom. The van der Waals surface area contributed by atoms with Crippen LogP contribution >= 0.6 is 11.3 Å². The first-order chi connectivity index (χ1) is 12.1. The summed E-state index contributed by atoms with van der Waals surface area (Å²) in [7, 11) is 3.07. The van der Waals surface area contributed by atoms with Crippen LogP contribution in [0.15, 0.2) is 42.5 Å². The summed E-state index contributed by atoms with van der Waals surface area (Å²) in [5.41, 5.74) is 2.51. The molecule has 0 radical (unpaired) electrons. The maximum absolute atomic E-state index is 12.5. The standard InChI is InChI=1S/C18H17N3O3S/c1-11-6-4-5-7-13(11)17-20-21-18(25-17)19-16(22)14-9-8-12(23-2)10-15(14)24-3/h4-10H,1-3H3,(H,19,21,22). The van der Waals surface area contributed by atoms with Gasteiger partial charge in [-0.15, -0.1) is 10.2 Å². The number of aromatic nitrogens is 2. The van der Waals surface area contributed by atoms with E-state index < -0.39 is 0 Å². The molecule has 1 amide bonds. The highest BCUT2D eigenvalue weighted by Crippen LogP contribution is 2.30. The van der Waals surface area contributed by atoms with E-state index in [1.165, 1.54) is 18.4 Å². The van der Waals surface area contributed by atoms with Gasteiger partial charge in [0.25, 0.3) is 5.91 Å². The van der Waals surface area contributed by atoms with Gasteiger partial charge in [0.15, 0.2) is 0 Å². The van der Waals surface area contributed by atoms with Gasteiger partial charge in [0.1, 0.15) is 16.5 Å². The van der Waals surface area contributed by atoms with E-state index >= 15 is 0 Å². The van der Waals surface area contributed by atoms with E-state index in [-0.39, 0.29) is 5.91 Å². The van der Waals surface area contributed by atoms with Crippen molar-refractivity contribution in [3.8, 4) is 22.1 Å². The van der Waals surface area contributed by atoms with E-state index in [1.807, 2.05) is 31.2 Å². The lowest BCUT2D eigenvalue weighted by atomic mass is 10.1. The zero-order valence-corrected chi connectivity index (χ0v) is 14.9. The average Bonchev–Trinajstić information content (AvgIpc) is 3.09. The minimum atomic E-state index is -0.313. The third-order valence-electron chi connectivity index (χ3n) is 3.67. The molecule has 128 valence electrons. The van der Waals surface area contributed by atoms with Gasteiger partial charge in [0.2, 0.25) is 5.13 Å². The highest BCUT2D eigenvalue weighted by molar-refractivity contribution is 7.18. The number of nitrogens with zero attached hydrogens (tertiary/aromatic N) is 2. The van der Waals surface area contributed by atoms with E-state index in [0.717, 1.165) is 16.1 Å². The topological polar surface area (TPSA) is 73.3 Å². The smallest absolute Gasteiger partial charge is 0.261 e. The van der Waals surface area contributed by atoms with Crippen molar-refractivity contribution >= 4 is 22.4 Å². The number of methoxy groups -OCH3 is 2. The molecular weight excluding hydrogens is 338 g/mol. The van der Waals surface area contributed by atoms with Crippen molar-refractivity contribution in [3.05, 3.63) is 53.6 Å². The van der Waals surface area contributed by atoms with Gasteiger partial charge in [-0.3, -0.25) is 10.1 Å². The van der Waals surface area contributed by atoms with E-state index in [1.54, 1.807) is 25.3 Å². The number of carbonyl (C=O) groups excluding carboxylic acids is 1. The molecule has 1 aromatic heterocycles. The summed E-state index contributed by atoms with van der Waals surface area (Å²) in [4.78, 5) is 12.5. The normalized spacial score (nSPS) is 10.4. The Kier molecular flexibility index (Phi) is 4.95. The largest absolute Gasteiger partial charge is 0.497 e. The minimum Gasteiger partial charge on any atom is -0.497 e. The Balaban J connectivity index is 1.82. The monoisotopic (exact) mass is 355 g/mol. The Hall–Kier alpha value is -2.93. The van der Waals surface area contributed by atoms with Crippen LogP contribution in [0.25, 0.3) is 10.6 Å². The van der Waals surface area contributed by atoms with Crippen LogP contribution in [0.4, 0.5) is 5.13 Å². The summed E-state index contributed by atoms with van der Waals surface area (Å²) >= 11 is 1.32. The van der Waals surface area contributed by atoms with Crippen molar-refractivity contribution in [2.75, 3.05) is 19.5 Å². The number of rotatable bonds is 5. The zero-order valence-electron chi connectivity index (χ0n) is 14.1. The number of hydrogen-bond acceptors (Lipinski definition) is 6. The number of carbonyl (C=O) groups is 1. The van der Waals surface area contributed by atoms with E-state index in [4.69, 9.17) is 9.47 Å². The van der Waals surface area contributed by atoms with Crippen molar-refractivity contribution in [1.82, 2.24) is 10.2 Å². The van der Waals surface area contributed by atoms with E-state index in [0.29, 0.717) is 22.2 Å². The van der Waals surface area contributed by atoms with Crippen LogP contribution in [0.3, 0.4) is 0 Å². The average molecular weight is 355 g/mol. The molecule has 0 aliphatic heterocycles. The van der Waals surface area contributed by atoms with Crippen LogP contribution in [0.5, 0.6) is 11.5 Å². The van der Waals surface area contributed by atoms with Crippen LogP contribution < -0.4 is 14.8 Å². The number of benzene rings is 2. The summed E-state index contributed by atoms with van der Waals surface area (Å²) in [6, 6.07) is 12.9. The number of ether oxygens (including phenoxy) is 2. The second-order valence-electron chi connectivity index (χ2n) is 5.25. The number of aryl methyl sites for hydroxylation is 1. The van der Waals surface area contributed by atoms with Crippen molar-refractivity contribution < 1.29 is 14.3 Å². The van der Waals surface area contributed by atoms with Crippen LogP contribution in [0, 0.1) is 6.92 Å². The maximum atomic E-state index is 12.5. The van der Waals surface area contributed by atoms with Gasteiger partial charge >= 0.3 is 0 Å². The fourth-order valence-electron chi connectivity index (χ4n) is 2.35. The van der Waals surface area contributed by atoms with Gasteiger partial charge < -0.3 is 9.47 Å². The molecule has 0 fully saturated rings. The molecule has 0 unspecified atom stereocenters. The molecule has 0 atom stereocenters. The van der Waals surface area contributed by atoms with Gasteiger partial charge in [-0.05, 0) is 24.6 Å². The van der Waals surface area contributed by atoms with Crippen LogP contribution in [0.1, 0.15) is 15.9 Å². The van der Waals surface area contributed by atoms with Crippen LogP contribution in [-0.2, 0) is 0 Å². The Morgan fingerprint density at radius 1 is 1.08 bits per heavy atom. The third-order valence-corrected chi connectivity index (χ3v) is 4.55. The molecule has 0 spiro atoms. The molecule has 2 aromatic carbocycles. The first kappa shape index (κ1) is 16.9. The lowest BCUT2D eigenvalue weighted by molar-refractivity contribution is 0.102. The molecule has 1 heterocycles. The molecular formula is C18H17N3O3S. The van der Waals surface area contributed by atoms with Gasteiger partial charge in [-0.25, -0.2) is 0 Å². The molecule has 0 bridgehead atoms. The van der Waals surface area contributed by atoms with E-state index in [2.05, 4.69) is 15.5 Å². The zero-order chi connectivity index (χ0) is 17.8. The Morgan fingerprint density at radius 3 is 2.60 bits per heavy atom. The lowest BCUT2D eigenvalue weighted by Gasteiger charge is -2.09. The molecule has 0 aliphatic carbocycles. The predicted molar refractivity (Wildman–Crippen MR) is 97.6 cm³/mol.